The first-order chi connectivity index (χ1) is 11.5. The summed E-state index contributed by atoms with van der Waals surface area (Å²) in [6.07, 6.45) is 1.61. The lowest BCUT2D eigenvalue weighted by Gasteiger charge is -2.18. The van der Waals surface area contributed by atoms with Crippen molar-refractivity contribution < 1.29 is 14.3 Å². The highest BCUT2D eigenvalue weighted by atomic mass is 16.3. The number of aliphatic hydroxyl groups excluding tert-OH is 1. The molecule has 6 nitrogen and oxygen atoms in total. The minimum Gasteiger partial charge on any atom is -0.444 e. The lowest BCUT2D eigenvalue weighted by Crippen LogP contribution is -2.33. The van der Waals surface area contributed by atoms with Gasteiger partial charge in [0.1, 0.15) is 6.26 Å². The number of hydrogen-bond acceptors (Lipinski definition) is 4. The Morgan fingerprint density at radius 1 is 1.42 bits per heavy atom. The molecule has 0 radical (unpaired) electrons. The predicted molar refractivity (Wildman–Crippen MR) is 91.7 cm³/mol. The second kappa shape index (κ2) is 6.65. The number of nitrogens with one attached hydrogen (secondary N) is 1. The van der Waals surface area contributed by atoms with Gasteiger partial charge in [-0.2, -0.15) is 0 Å². The van der Waals surface area contributed by atoms with Gasteiger partial charge >= 0.3 is 6.03 Å². The second-order valence-electron chi connectivity index (χ2n) is 6.58. The van der Waals surface area contributed by atoms with E-state index in [0.29, 0.717) is 24.9 Å². The van der Waals surface area contributed by atoms with E-state index in [-0.39, 0.29) is 18.6 Å². The number of aromatic nitrogens is 1. The van der Waals surface area contributed by atoms with E-state index in [1.807, 2.05) is 32.0 Å². The SMILES string of the molecule is Cc1coc(-c2ccc(C)c(NC(=O)N3C[C@@H](CO)[C@H](C)C3)c2)n1. The standard InChI is InChI=1S/C18H23N3O3/c1-11-4-5-14(17-19-13(3)10-24-17)6-16(11)20-18(23)21-7-12(2)15(8-21)9-22/h4-6,10,12,15,22H,7-9H2,1-3H3,(H,20,23)/t12-,15+/m1/s1. The van der Waals surface area contributed by atoms with Crippen LogP contribution in [-0.4, -0.2) is 40.7 Å². The highest BCUT2D eigenvalue weighted by Crippen LogP contribution is 2.27. The summed E-state index contributed by atoms with van der Waals surface area (Å²) >= 11 is 0. The highest BCUT2D eigenvalue weighted by molar-refractivity contribution is 5.91. The van der Waals surface area contributed by atoms with Gasteiger partial charge in [0, 0.05) is 36.9 Å². The number of aryl methyl sites for hydroxylation is 2. The van der Waals surface area contributed by atoms with Crippen LogP contribution in [0.5, 0.6) is 0 Å². The molecule has 1 aliphatic heterocycles. The van der Waals surface area contributed by atoms with Crippen molar-refractivity contribution in [2.24, 2.45) is 11.8 Å². The molecule has 2 N–H and O–H groups in total. The van der Waals surface area contributed by atoms with Gasteiger partial charge in [-0.15, -0.1) is 0 Å². The van der Waals surface area contributed by atoms with Crippen LogP contribution >= 0.6 is 0 Å². The van der Waals surface area contributed by atoms with Crippen LogP contribution in [0.25, 0.3) is 11.5 Å². The van der Waals surface area contributed by atoms with Crippen LogP contribution in [0, 0.1) is 25.7 Å². The number of oxazole rings is 1. The fraction of sp³-hybridized carbons (Fsp3) is 0.444. The number of carbonyl (C=O) groups is 1. The number of carbonyl (C=O) groups excluding carboxylic acids is 1. The molecule has 0 bridgehead atoms. The molecule has 1 fully saturated rings. The van der Waals surface area contributed by atoms with Crippen molar-refractivity contribution in [3.8, 4) is 11.5 Å². The summed E-state index contributed by atoms with van der Waals surface area (Å²) < 4.78 is 5.43. The van der Waals surface area contributed by atoms with Crippen LogP contribution in [0.1, 0.15) is 18.2 Å². The Balaban J connectivity index is 1.76. The largest absolute Gasteiger partial charge is 0.444 e. The molecule has 0 aliphatic carbocycles. The topological polar surface area (TPSA) is 78.6 Å². The van der Waals surface area contributed by atoms with E-state index < -0.39 is 0 Å². The molecule has 2 heterocycles. The van der Waals surface area contributed by atoms with Gasteiger partial charge in [-0.25, -0.2) is 9.78 Å². The van der Waals surface area contributed by atoms with Gasteiger partial charge in [-0.05, 0) is 37.5 Å². The highest BCUT2D eigenvalue weighted by Gasteiger charge is 2.32. The minimum absolute atomic E-state index is 0.114. The Morgan fingerprint density at radius 2 is 2.21 bits per heavy atom. The van der Waals surface area contributed by atoms with E-state index in [1.165, 1.54) is 0 Å². The van der Waals surface area contributed by atoms with E-state index in [9.17, 15) is 9.90 Å². The van der Waals surface area contributed by atoms with Crippen molar-refractivity contribution in [1.29, 1.82) is 0 Å². The fourth-order valence-corrected chi connectivity index (χ4v) is 3.01. The summed E-state index contributed by atoms with van der Waals surface area (Å²) in [5.41, 5.74) is 3.36. The molecule has 2 amide bonds. The van der Waals surface area contributed by atoms with Gasteiger partial charge in [-0.3, -0.25) is 0 Å². The molecule has 0 spiro atoms. The maximum atomic E-state index is 12.5. The number of anilines is 1. The first-order valence-corrected chi connectivity index (χ1v) is 8.18. The van der Waals surface area contributed by atoms with Crippen molar-refractivity contribution >= 4 is 11.7 Å². The molecule has 24 heavy (non-hydrogen) atoms. The third-order valence-electron chi connectivity index (χ3n) is 4.63. The normalized spacial score (nSPS) is 20.4. The number of amides is 2. The summed E-state index contributed by atoms with van der Waals surface area (Å²) in [6, 6.07) is 5.60. The Hall–Kier alpha value is -2.34. The molecule has 3 rings (SSSR count). The zero-order chi connectivity index (χ0) is 17.3. The zero-order valence-electron chi connectivity index (χ0n) is 14.2. The molecular weight excluding hydrogens is 306 g/mol. The number of rotatable bonds is 3. The molecule has 1 aromatic carbocycles. The van der Waals surface area contributed by atoms with Gasteiger partial charge < -0.3 is 19.7 Å². The maximum absolute atomic E-state index is 12.5. The Labute approximate surface area is 141 Å². The Morgan fingerprint density at radius 3 is 2.83 bits per heavy atom. The molecule has 0 unspecified atom stereocenters. The summed E-state index contributed by atoms with van der Waals surface area (Å²) in [5, 5.41) is 12.3. The first kappa shape index (κ1) is 16.5. The van der Waals surface area contributed by atoms with Crippen LogP contribution in [0.4, 0.5) is 10.5 Å². The van der Waals surface area contributed by atoms with Gasteiger partial charge in [0.05, 0.1) is 5.69 Å². The quantitative estimate of drug-likeness (QED) is 0.907. The summed E-state index contributed by atoms with van der Waals surface area (Å²) in [4.78, 5) is 18.6. The number of hydrogen-bond donors (Lipinski definition) is 2. The third-order valence-corrected chi connectivity index (χ3v) is 4.63. The van der Waals surface area contributed by atoms with E-state index in [0.717, 1.165) is 22.5 Å². The van der Waals surface area contributed by atoms with Crippen LogP contribution < -0.4 is 5.32 Å². The minimum atomic E-state index is -0.137. The summed E-state index contributed by atoms with van der Waals surface area (Å²) in [7, 11) is 0. The molecule has 128 valence electrons. The molecular formula is C18H23N3O3. The number of urea groups is 1. The van der Waals surface area contributed by atoms with Crippen molar-refractivity contribution in [2.75, 3.05) is 25.0 Å². The van der Waals surface area contributed by atoms with E-state index in [1.54, 1.807) is 11.2 Å². The third kappa shape index (κ3) is 3.28. The second-order valence-corrected chi connectivity index (χ2v) is 6.58. The van der Waals surface area contributed by atoms with Crippen molar-refractivity contribution in [3.63, 3.8) is 0 Å². The molecule has 2 atom stereocenters. The number of benzene rings is 1. The molecule has 0 saturated carbocycles. The fourth-order valence-electron chi connectivity index (χ4n) is 3.01. The monoisotopic (exact) mass is 329 g/mol. The van der Waals surface area contributed by atoms with Crippen LogP contribution in [-0.2, 0) is 0 Å². The van der Waals surface area contributed by atoms with Gasteiger partial charge in [0.2, 0.25) is 5.89 Å². The zero-order valence-corrected chi connectivity index (χ0v) is 14.2. The molecule has 1 aromatic heterocycles. The van der Waals surface area contributed by atoms with Crippen LogP contribution in [0.15, 0.2) is 28.9 Å². The van der Waals surface area contributed by atoms with Gasteiger partial charge in [-0.1, -0.05) is 13.0 Å². The van der Waals surface area contributed by atoms with Crippen LogP contribution in [0.2, 0.25) is 0 Å². The lowest BCUT2D eigenvalue weighted by molar-refractivity contribution is 0.202. The van der Waals surface area contributed by atoms with Gasteiger partial charge in [0.25, 0.3) is 0 Å². The van der Waals surface area contributed by atoms with Crippen LogP contribution in [0.3, 0.4) is 0 Å². The van der Waals surface area contributed by atoms with Gasteiger partial charge in [0.15, 0.2) is 0 Å². The van der Waals surface area contributed by atoms with Crippen molar-refractivity contribution in [1.82, 2.24) is 9.88 Å². The van der Waals surface area contributed by atoms with E-state index >= 15 is 0 Å². The molecule has 6 heteroatoms. The predicted octanol–water partition coefficient (Wildman–Crippen LogP) is 3.05. The van der Waals surface area contributed by atoms with Crippen molar-refractivity contribution in [2.45, 2.75) is 20.8 Å². The van der Waals surface area contributed by atoms with Crippen molar-refractivity contribution in [3.05, 3.63) is 35.7 Å². The number of aliphatic hydroxyl groups is 1. The average Bonchev–Trinajstić information content (AvgIpc) is 3.15. The number of likely N-dealkylation sites (tertiary alicyclic amines) is 1. The smallest absolute Gasteiger partial charge is 0.321 e. The Kier molecular flexibility index (Phi) is 4.57. The first-order valence-electron chi connectivity index (χ1n) is 8.18. The molecule has 1 saturated heterocycles. The number of nitrogens with zero attached hydrogens (tertiary/aromatic N) is 2. The summed E-state index contributed by atoms with van der Waals surface area (Å²) in [5.74, 6) is 1.00. The summed E-state index contributed by atoms with van der Waals surface area (Å²) in [6.45, 7) is 7.24. The van der Waals surface area contributed by atoms with E-state index in [2.05, 4.69) is 17.2 Å². The van der Waals surface area contributed by atoms with E-state index in [4.69, 9.17) is 4.42 Å². The molecule has 2 aromatic rings. The average molecular weight is 329 g/mol. The maximum Gasteiger partial charge on any atom is 0.321 e. The lowest BCUT2D eigenvalue weighted by atomic mass is 10.00. The Bertz CT molecular complexity index is 741. The molecule has 1 aliphatic rings.